The quantitative estimate of drug-likeness (QED) is 0.683. The molecular weight excluding hydrogens is 352 g/mol. The number of nitrogens with one attached hydrogen (secondary N) is 1. The molecule has 0 spiro atoms. The molecule has 0 aliphatic carbocycles. The van der Waals surface area contributed by atoms with E-state index in [0.29, 0.717) is 18.2 Å². The molecule has 0 atom stereocenters. The van der Waals surface area contributed by atoms with Crippen LogP contribution in [0.2, 0.25) is 0 Å². The molecule has 0 saturated carbocycles. The first-order valence-electron chi connectivity index (χ1n) is 9.12. The lowest BCUT2D eigenvalue weighted by Gasteiger charge is -2.18. The number of amides is 1. The molecule has 0 aliphatic heterocycles. The number of para-hydroxylation sites is 1. The maximum Gasteiger partial charge on any atom is 0.270 e. The van der Waals surface area contributed by atoms with Gasteiger partial charge in [-0.25, -0.2) is 9.97 Å². The van der Waals surface area contributed by atoms with Gasteiger partial charge in [0.2, 0.25) is 5.95 Å². The lowest BCUT2D eigenvalue weighted by molar-refractivity contribution is 0.0949. The third-order valence-electron chi connectivity index (χ3n) is 4.38. The molecule has 1 amide bonds. The zero-order chi connectivity index (χ0) is 19.9. The first kappa shape index (κ1) is 19.4. The van der Waals surface area contributed by atoms with Crippen LogP contribution in [0.4, 0.5) is 11.6 Å². The van der Waals surface area contributed by atoms with Crippen LogP contribution in [-0.4, -0.2) is 36.6 Å². The second-order valence-corrected chi connectivity index (χ2v) is 6.44. The number of aromatic nitrogens is 2. The Bertz CT molecular complexity index is 927. The lowest BCUT2D eigenvalue weighted by atomic mass is 10.1. The highest BCUT2D eigenvalue weighted by molar-refractivity contribution is 5.92. The molecule has 144 valence electrons. The fourth-order valence-electron chi connectivity index (χ4n) is 2.79. The smallest absolute Gasteiger partial charge is 0.270 e. The number of rotatable bonds is 7. The molecule has 6 nitrogen and oxygen atoms in total. The van der Waals surface area contributed by atoms with Gasteiger partial charge in [0, 0.05) is 25.0 Å². The summed E-state index contributed by atoms with van der Waals surface area (Å²) in [5.41, 5.74) is 3.19. The van der Waals surface area contributed by atoms with E-state index in [2.05, 4.69) is 15.3 Å². The van der Waals surface area contributed by atoms with Crippen molar-refractivity contribution in [2.45, 2.75) is 13.3 Å². The molecule has 1 N–H and O–H groups in total. The Labute approximate surface area is 165 Å². The molecule has 1 aromatic heterocycles. The van der Waals surface area contributed by atoms with E-state index in [1.54, 1.807) is 13.2 Å². The van der Waals surface area contributed by atoms with Crippen molar-refractivity contribution < 1.29 is 9.53 Å². The van der Waals surface area contributed by atoms with Crippen molar-refractivity contribution in [2.24, 2.45) is 0 Å². The summed E-state index contributed by atoms with van der Waals surface area (Å²) in [6.45, 7) is 2.39. The lowest BCUT2D eigenvalue weighted by Crippen LogP contribution is -2.27. The molecule has 0 aliphatic rings. The van der Waals surface area contributed by atoms with Gasteiger partial charge in [-0.3, -0.25) is 4.79 Å². The predicted octanol–water partition coefficient (Wildman–Crippen LogP) is 3.53. The largest absolute Gasteiger partial charge is 0.497 e. The molecule has 0 unspecified atom stereocenters. The topological polar surface area (TPSA) is 67.3 Å². The van der Waals surface area contributed by atoms with E-state index in [1.807, 2.05) is 73.5 Å². The van der Waals surface area contributed by atoms with Crippen LogP contribution in [0.5, 0.6) is 5.75 Å². The van der Waals surface area contributed by atoms with Crippen LogP contribution in [0.1, 0.15) is 21.7 Å². The third-order valence-corrected chi connectivity index (χ3v) is 4.38. The van der Waals surface area contributed by atoms with E-state index in [1.165, 1.54) is 0 Å². The standard InChI is InChI=1S/C22H24N4O2/c1-16-15-20(25-22(24-16)26(2)18-7-5-4-6-8-18)21(27)23-14-13-17-9-11-19(28-3)12-10-17/h4-12,15H,13-14H2,1-3H3,(H,23,27). The number of aryl methyl sites for hydroxylation is 1. The van der Waals surface area contributed by atoms with Gasteiger partial charge in [-0.2, -0.15) is 0 Å². The highest BCUT2D eigenvalue weighted by Gasteiger charge is 2.13. The first-order valence-corrected chi connectivity index (χ1v) is 9.12. The van der Waals surface area contributed by atoms with Gasteiger partial charge in [-0.1, -0.05) is 30.3 Å². The fraction of sp³-hybridized carbons (Fsp3) is 0.227. The van der Waals surface area contributed by atoms with Gasteiger partial charge >= 0.3 is 0 Å². The van der Waals surface area contributed by atoms with Crippen molar-refractivity contribution in [3.63, 3.8) is 0 Å². The average molecular weight is 376 g/mol. The van der Waals surface area contributed by atoms with E-state index >= 15 is 0 Å². The zero-order valence-electron chi connectivity index (χ0n) is 16.3. The SMILES string of the molecule is COc1ccc(CCNC(=O)c2cc(C)nc(N(C)c3ccccc3)n2)cc1. The summed E-state index contributed by atoms with van der Waals surface area (Å²) in [6, 6.07) is 19.3. The molecule has 0 radical (unpaired) electrons. The third kappa shape index (κ3) is 4.85. The van der Waals surface area contributed by atoms with Crippen molar-refractivity contribution in [1.82, 2.24) is 15.3 Å². The number of hydrogen-bond acceptors (Lipinski definition) is 5. The minimum atomic E-state index is -0.207. The van der Waals surface area contributed by atoms with Crippen LogP contribution in [0, 0.1) is 6.92 Å². The molecule has 0 bridgehead atoms. The summed E-state index contributed by atoms with van der Waals surface area (Å²) in [6.07, 6.45) is 0.733. The normalized spacial score (nSPS) is 10.4. The minimum Gasteiger partial charge on any atom is -0.497 e. The van der Waals surface area contributed by atoms with E-state index in [0.717, 1.165) is 29.1 Å². The van der Waals surface area contributed by atoms with Crippen LogP contribution in [0.15, 0.2) is 60.7 Å². The number of benzene rings is 2. The number of carbonyl (C=O) groups excluding carboxylic acids is 1. The van der Waals surface area contributed by atoms with E-state index in [4.69, 9.17) is 4.74 Å². The summed E-state index contributed by atoms with van der Waals surface area (Å²) >= 11 is 0. The molecule has 6 heteroatoms. The van der Waals surface area contributed by atoms with Gasteiger partial charge in [0.15, 0.2) is 0 Å². The van der Waals surface area contributed by atoms with Gasteiger partial charge in [0.1, 0.15) is 11.4 Å². The van der Waals surface area contributed by atoms with Crippen LogP contribution < -0.4 is 15.0 Å². The van der Waals surface area contributed by atoms with E-state index < -0.39 is 0 Å². The number of carbonyl (C=O) groups is 1. The Hall–Kier alpha value is -3.41. The van der Waals surface area contributed by atoms with Gasteiger partial charge in [0.25, 0.3) is 5.91 Å². The molecule has 1 heterocycles. The fourth-order valence-corrected chi connectivity index (χ4v) is 2.79. The second kappa shape index (κ2) is 8.99. The zero-order valence-corrected chi connectivity index (χ0v) is 16.3. The summed E-state index contributed by atoms with van der Waals surface area (Å²) in [5, 5.41) is 2.93. The number of anilines is 2. The Balaban J connectivity index is 1.65. The van der Waals surface area contributed by atoms with Gasteiger partial charge in [0.05, 0.1) is 7.11 Å². The van der Waals surface area contributed by atoms with E-state index in [-0.39, 0.29) is 5.91 Å². The summed E-state index contributed by atoms with van der Waals surface area (Å²) < 4.78 is 5.16. The second-order valence-electron chi connectivity index (χ2n) is 6.44. The van der Waals surface area contributed by atoms with Gasteiger partial charge in [-0.05, 0) is 49.2 Å². The van der Waals surface area contributed by atoms with Gasteiger partial charge < -0.3 is 15.0 Å². The minimum absolute atomic E-state index is 0.207. The van der Waals surface area contributed by atoms with Gasteiger partial charge in [-0.15, -0.1) is 0 Å². The maximum absolute atomic E-state index is 12.6. The molecular formula is C22H24N4O2. The average Bonchev–Trinajstić information content (AvgIpc) is 2.73. The summed E-state index contributed by atoms with van der Waals surface area (Å²) in [4.78, 5) is 23.3. The van der Waals surface area contributed by atoms with Crippen LogP contribution in [0.25, 0.3) is 0 Å². The first-order chi connectivity index (χ1) is 13.6. The molecule has 3 aromatic rings. The Kier molecular flexibility index (Phi) is 6.22. The van der Waals surface area contributed by atoms with Crippen molar-refractivity contribution in [2.75, 3.05) is 25.6 Å². The van der Waals surface area contributed by atoms with Crippen LogP contribution >= 0.6 is 0 Å². The molecule has 2 aromatic carbocycles. The van der Waals surface area contributed by atoms with Crippen molar-refractivity contribution in [1.29, 1.82) is 0 Å². The monoisotopic (exact) mass is 376 g/mol. The van der Waals surface area contributed by atoms with Crippen molar-refractivity contribution in [3.05, 3.63) is 77.6 Å². The number of methoxy groups -OCH3 is 1. The summed E-state index contributed by atoms with van der Waals surface area (Å²) in [7, 11) is 3.53. The van der Waals surface area contributed by atoms with Crippen LogP contribution in [0.3, 0.4) is 0 Å². The summed E-state index contributed by atoms with van der Waals surface area (Å²) in [5.74, 6) is 1.10. The molecule has 28 heavy (non-hydrogen) atoms. The van der Waals surface area contributed by atoms with Crippen LogP contribution in [-0.2, 0) is 6.42 Å². The highest BCUT2D eigenvalue weighted by atomic mass is 16.5. The van der Waals surface area contributed by atoms with E-state index in [9.17, 15) is 4.79 Å². The van der Waals surface area contributed by atoms with Crippen molar-refractivity contribution >= 4 is 17.5 Å². The predicted molar refractivity (Wildman–Crippen MR) is 110 cm³/mol. The van der Waals surface area contributed by atoms with Crippen molar-refractivity contribution in [3.8, 4) is 5.75 Å². The highest BCUT2D eigenvalue weighted by Crippen LogP contribution is 2.20. The molecule has 0 fully saturated rings. The Morgan fingerprint density at radius 2 is 1.79 bits per heavy atom. The Morgan fingerprint density at radius 3 is 2.46 bits per heavy atom. The molecule has 0 saturated heterocycles. The molecule has 3 rings (SSSR count). The number of hydrogen-bond donors (Lipinski definition) is 1. The Morgan fingerprint density at radius 1 is 1.07 bits per heavy atom. The maximum atomic E-state index is 12.6. The number of ether oxygens (including phenoxy) is 1. The number of nitrogens with zero attached hydrogens (tertiary/aromatic N) is 3.